The molecule has 4 nitrogen and oxygen atoms in total. The highest BCUT2D eigenvalue weighted by Crippen LogP contribution is 2.27. The fourth-order valence-corrected chi connectivity index (χ4v) is 3.52. The second-order valence-electron chi connectivity index (χ2n) is 5.79. The predicted molar refractivity (Wildman–Crippen MR) is 101 cm³/mol. The summed E-state index contributed by atoms with van der Waals surface area (Å²) in [5.74, 6) is 0. The Morgan fingerprint density at radius 1 is 1.13 bits per heavy atom. The molecule has 1 aromatic rings. The number of piperazine rings is 1. The maximum atomic E-state index is 11.6. The molecule has 1 atom stereocenters. The Morgan fingerprint density at radius 3 is 2.17 bits per heavy atom. The van der Waals surface area contributed by atoms with Crippen molar-refractivity contribution in [3.63, 3.8) is 0 Å². The molecule has 23 heavy (non-hydrogen) atoms. The number of sulfone groups is 1. The minimum atomic E-state index is -3.11. The quantitative estimate of drug-likeness (QED) is 0.820. The smallest absolute Gasteiger partial charge is 0.175 e. The predicted octanol–water partition coefficient (Wildman–Crippen LogP) is 3.07. The number of nitrogens with one attached hydrogen (secondary N) is 1. The van der Waals surface area contributed by atoms with Gasteiger partial charge in [-0.3, -0.25) is 4.90 Å². The summed E-state index contributed by atoms with van der Waals surface area (Å²) in [4.78, 5) is 2.92. The molecule has 1 aromatic carbocycles. The van der Waals surface area contributed by atoms with E-state index < -0.39 is 9.84 Å². The minimum absolute atomic E-state index is 0. The van der Waals surface area contributed by atoms with Gasteiger partial charge in [-0.2, -0.15) is 0 Å². The van der Waals surface area contributed by atoms with Crippen LogP contribution in [-0.2, 0) is 9.84 Å². The summed E-state index contributed by atoms with van der Waals surface area (Å²) in [6.45, 7) is 6.39. The Kier molecular flexibility index (Phi) is 10.4. The lowest BCUT2D eigenvalue weighted by Gasteiger charge is -2.35. The molecule has 0 spiro atoms. The first-order valence-corrected chi connectivity index (χ1v) is 9.66. The number of nitrogens with zero attached hydrogens (tertiary/aromatic N) is 1. The van der Waals surface area contributed by atoms with Crippen molar-refractivity contribution in [3.05, 3.63) is 29.8 Å². The van der Waals surface area contributed by atoms with E-state index in [1.807, 2.05) is 12.1 Å². The summed E-state index contributed by atoms with van der Waals surface area (Å²) in [7, 11) is -3.11. The van der Waals surface area contributed by atoms with Gasteiger partial charge in [0.2, 0.25) is 0 Å². The van der Waals surface area contributed by atoms with Gasteiger partial charge in [0.05, 0.1) is 4.90 Å². The summed E-state index contributed by atoms with van der Waals surface area (Å²) < 4.78 is 23.1. The molecule has 0 saturated carbocycles. The number of unbranched alkanes of at least 4 members (excludes halogenated alkanes) is 1. The van der Waals surface area contributed by atoms with Gasteiger partial charge in [-0.05, 0) is 24.1 Å². The number of hydrogen-bond donors (Lipinski definition) is 1. The third-order valence-corrected chi connectivity index (χ3v) is 5.24. The first-order chi connectivity index (χ1) is 10.0. The zero-order valence-electron chi connectivity index (χ0n) is 13.8. The zero-order chi connectivity index (χ0) is 15.3. The van der Waals surface area contributed by atoms with Crippen LogP contribution in [0.5, 0.6) is 0 Å². The summed E-state index contributed by atoms with van der Waals surface area (Å²) in [5, 5.41) is 3.39. The fraction of sp³-hybridized carbons (Fsp3) is 0.625. The Hall–Kier alpha value is -0.330. The molecule has 1 N–H and O–H groups in total. The minimum Gasteiger partial charge on any atom is -0.314 e. The van der Waals surface area contributed by atoms with Crippen LogP contribution in [0.3, 0.4) is 0 Å². The normalized spacial score (nSPS) is 17.0. The molecule has 0 radical (unpaired) electrons. The van der Waals surface area contributed by atoms with Crippen molar-refractivity contribution in [1.29, 1.82) is 0 Å². The first kappa shape index (κ1) is 22.7. The second kappa shape index (κ2) is 10.5. The van der Waals surface area contributed by atoms with Gasteiger partial charge in [0, 0.05) is 38.5 Å². The standard InChI is InChI=1S/C16H26N2O2S.2ClH/c1-3-4-5-16(18-12-10-17-11-13-18)14-6-8-15(9-7-14)21(2,19)20;;/h6-9,16-17H,3-5,10-13H2,1-2H3;2*1H/t16-;;/m0../s1. The molecule has 0 aliphatic carbocycles. The monoisotopic (exact) mass is 382 g/mol. The van der Waals surface area contributed by atoms with E-state index in [1.165, 1.54) is 24.7 Å². The van der Waals surface area contributed by atoms with Crippen molar-refractivity contribution < 1.29 is 8.42 Å². The lowest BCUT2D eigenvalue weighted by molar-refractivity contribution is 0.163. The summed E-state index contributed by atoms with van der Waals surface area (Å²) >= 11 is 0. The van der Waals surface area contributed by atoms with Crippen molar-refractivity contribution in [3.8, 4) is 0 Å². The van der Waals surface area contributed by atoms with Gasteiger partial charge in [-0.15, -0.1) is 24.8 Å². The SMILES string of the molecule is CCCC[C@@H](c1ccc(S(C)(=O)=O)cc1)N1CCNCC1.Cl.Cl. The molecule has 0 unspecified atom stereocenters. The van der Waals surface area contributed by atoms with Crippen LogP contribution in [0.1, 0.15) is 37.8 Å². The highest BCUT2D eigenvalue weighted by atomic mass is 35.5. The maximum absolute atomic E-state index is 11.6. The molecule has 0 bridgehead atoms. The van der Waals surface area contributed by atoms with E-state index in [1.54, 1.807) is 12.1 Å². The Morgan fingerprint density at radius 2 is 1.70 bits per heavy atom. The van der Waals surface area contributed by atoms with Crippen molar-refractivity contribution in [2.24, 2.45) is 0 Å². The zero-order valence-corrected chi connectivity index (χ0v) is 16.3. The van der Waals surface area contributed by atoms with Gasteiger partial charge in [-0.25, -0.2) is 8.42 Å². The first-order valence-electron chi connectivity index (χ1n) is 7.77. The number of hydrogen-bond acceptors (Lipinski definition) is 4. The number of rotatable bonds is 6. The molecule has 0 aromatic heterocycles. The van der Waals surface area contributed by atoms with Crippen LogP contribution in [0.4, 0.5) is 0 Å². The molecular formula is C16H28Cl2N2O2S. The molecule has 0 amide bonds. The van der Waals surface area contributed by atoms with Crippen LogP contribution in [0, 0.1) is 0 Å². The average Bonchev–Trinajstić information content (AvgIpc) is 2.48. The summed E-state index contributed by atoms with van der Waals surface area (Å²) in [6, 6.07) is 7.86. The van der Waals surface area contributed by atoms with Crippen molar-refractivity contribution in [2.75, 3.05) is 32.4 Å². The van der Waals surface area contributed by atoms with E-state index in [-0.39, 0.29) is 24.8 Å². The lowest BCUT2D eigenvalue weighted by atomic mass is 9.99. The summed E-state index contributed by atoms with van der Waals surface area (Å²) in [6.07, 6.45) is 4.77. The highest BCUT2D eigenvalue weighted by molar-refractivity contribution is 7.90. The van der Waals surface area contributed by atoms with Gasteiger partial charge in [0.15, 0.2) is 9.84 Å². The van der Waals surface area contributed by atoms with E-state index in [2.05, 4.69) is 17.1 Å². The van der Waals surface area contributed by atoms with E-state index in [0.29, 0.717) is 10.9 Å². The molecule has 1 saturated heterocycles. The van der Waals surface area contributed by atoms with E-state index in [4.69, 9.17) is 0 Å². The van der Waals surface area contributed by atoms with E-state index in [9.17, 15) is 8.42 Å². The molecule has 7 heteroatoms. The molecule has 1 aliphatic rings. The van der Waals surface area contributed by atoms with Gasteiger partial charge in [0.1, 0.15) is 0 Å². The number of benzene rings is 1. The van der Waals surface area contributed by atoms with Gasteiger partial charge in [0.25, 0.3) is 0 Å². The van der Waals surface area contributed by atoms with Crippen LogP contribution in [0.15, 0.2) is 29.2 Å². The Bertz CT molecular complexity index is 544. The van der Waals surface area contributed by atoms with Crippen molar-refractivity contribution in [1.82, 2.24) is 10.2 Å². The average molecular weight is 383 g/mol. The van der Waals surface area contributed by atoms with Crippen LogP contribution in [0.2, 0.25) is 0 Å². The molecule has 134 valence electrons. The van der Waals surface area contributed by atoms with Crippen LogP contribution in [-0.4, -0.2) is 45.8 Å². The van der Waals surface area contributed by atoms with Crippen molar-refractivity contribution >= 4 is 34.7 Å². The fourth-order valence-electron chi connectivity index (χ4n) is 2.89. The second-order valence-corrected chi connectivity index (χ2v) is 7.80. The number of halogens is 2. The van der Waals surface area contributed by atoms with Crippen LogP contribution in [0.25, 0.3) is 0 Å². The van der Waals surface area contributed by atoms with Gasteiger partial charge < -0.3 is 5.32 Å². The maximum Gasteiger partial charge on any atom is 0.175 e. The third kappa shape index (κ3) is 6.59. The molecule has 1 aliphatic heterocycles. The highest BCUT2D eigenvalue weighted by Gasteiger charge is 2.22. The molecular weight excluding hydrogens is 355 g/mol. The van der Waals surface area contributed by atoms with Gasteiger partial charge in [-0.1, -0.05) is 31.9 Å². The third-order valence-electron chi connectivity index (χ3n) is 4.12. The van der Waals surface area contributed by atoms with Crippen molar-refractivity contribution in [2.45, 2.75) is 37.1 Å². The summed E-state index contributed by atoms with van der Waals surface area (Å²) in [5.41, 5.74) is 1.23. The lowest BCUT2D eigenvalue weighted by Crippen LogP contribution is -2.45. The largest absolute Gasteiger partial charge is 0.314 e. The topological polar surface area (TPSA) is 49.4 Å². The van der Waals surface area contributed by atoms with Gasteiger partial charge >= 0.3 is 0 Å². The van der Waals surface area contributed by atoms with Crippen LogP contribution >= 0.6 is 24.8 Å². The Balaban J connectivity index is 0.00000242. The van der Waals surface area contributed by atoms with E-state index >= 15 is 0 Å². The molecule has 1 fully saturated rings. The van der Waals surface area contributed by atoms with E-state index in [0.717, 1.165) is 32.6 Å². The van der Waals surface area contributed by atoms with Crippen LogP contribution < -0.4 is 5.32 Å². The Labute approximate surface area is 152 Å². The molecule has 1 heterocycles. The molecule has 2 rings (SSSR count).